The van der Waals surface area contributed by atoms with Gasteiger partial charge in [0.25, 0.3) is 0 Å². The molecule has 0 unspecified atom stereocenters. The highest BCUT2D eigenvalue weighted by molar-refractivity contribution is 6.01. The summed E-state index contributed by atoms with van der Waals surface area (Å²) in [5.41, 5.74) is 8.61. The normalized spacial score (nSPS) is 14.1. The minimum atomic E-state index is -0.109. The van der Waals surface area contributed by atoms with Crippen LogP contribution in [0.4, 0.5) is 11.4 Å². The first-order valence-electron chi connectivity index (χ1n) is 13.0. The second kappa shape index (κ2) is 9.35. The number of nitrogens with zero attached hydrogens (tertiary/aromatic N) is 4. The Kier molecular flexibility index (Phi) is 5.87. The smallest absolute Gasteiger partial charge is 0.226 e. The first-order valence-corrected chi connectivity index (χ1v) is 13.0. The average Bonchev–Trinajstić information content (AvgIpc) is 3.54. The number of aryl methyl sites for hydroxylation is 1. The van der Waals surface area contributed by atoms with E-state index in [9.17, 15) is 4.79 Å². The summed E-state index contributed by atoms with van der Waals surface area (Å²) in [6.45, 7) is 8.08. The van der Waals surface area contributed by atoms with Crippen LogP contribution in [0.25, 0.3) is 44.5 Å². The van der Waals surface area contributed by atoms with E-state index in [1.807, 2.05) is 26.0 Å². The molecule has 1 amide bonds. The van der Waals surface area contributed by atoms with Gasteiger partial charge in [-0.3, -0.25) is 19.9 Å². The van der Waals surface area contributed by atoms with Crippen LogP contribution in [0.15, 0.2) is 48.9 Å². The van der Waals surface area contributed by atoms with Gasteiger partial charge in [-0.05, 0) is 56.0 Å². The highest BCUT2D eigenvalue weighted by atomic mass is 16.1. The number of H-pyrrole nitrogens is 2. The molecular formula is C29H31N7O. The number of fused-ring (bicyclic) bond motifs is 2. The van der Waals surface area contributed by atoms with Gasteiger partial charge in [-0.15, -0.1) is 0 Å². The van der Waals surface area contributed by atoms with Crippen molar-refractivity contribution < 1.29 is 4.79 Å². The van der Waals surface area contributed by atoms with Crippen molar-refractivity contribution in [1.82, 2.24) is 25.1 Å². The van der Waals surface area contributed by atoms with Gasteiger partial charge in [0.15, 0.2) is 0 Å². The minimum Gasteiger partial charge on any atom is -0.371 e. The van der Waals surface area contributed by atoms with E-state index in [2.05, 4.69) is 60.5 Å². The van der Waals surface area contributed by atoms with E-state index in [1.165, 1.54) is 35.9 Å². The van der Waals surface area contributed by atoms with Crippen LogP contribution in [0.5, 0.6) is 0 Å². The Morgan fingerprint density at radius 1 is 1.03 bits per heavy atom. The van der Waals surface area contributed by atoms with Crippen molar-refractivity contribution in [2.45, 2.75) is 40.0 Å². The van der Waals surface area contributed by atoms with Crippen LogP contribution in [0.2, 0.25) is 0 Å². The molecule has 0 bridgehead atoms. The summed E-state index contributed by atoms with van der Waals surface area (Å²) in [4.78, 5) is 27.3. The number of hydrogen-bond acceptors (Lipinski definition) is 5. The lowest BCUT2D eigenvalue weighted by Gasteiger charge is -2.29. The highest BCUT2D eigenvalue weighted by Crippen LogP contribution is 2.36. The molecule has 0 radical (unpaired) electrons. The maximum Gasteiger partial charge on any atom is 0.226 e. The second-order valence-electron chi connectivity index (χ2n) is 10.2. The fraction of sp³-hybridized carbons (Fsp3) is 0.310. The van der Waals surface area contributed by atoms with Crippen molar-refractivity contribution in [2.75, 3.05) is 23.3 Å². The summed E-state index contributed by atoms with van der Waals surface area (Å²) in [5.74, 6) is -0.153. The quantitative estimate of drug-likeness (QED) is 0.276. The van der Waals surface area contributed by atoms with Gasteiger partial charge in [-0.1, -0.05) is 19.9 Å². The van der Waals surface area contributed by atoms with Crippen LogP contribution >= 0.6 is 0 Å². The van der Waals surface area contributed by atoms with Crippen molar-refractivity contribution in [2.24, 2.45) is 5.92 Å². The molecule has 5 heterocycles. The van der Waals surface area contributed by atoms with E-state index in [-0.39, 0.29) is 11.8 Å². The minimum absolute atomic E-state index is 0.0440. The van der Waals surface area contributed by atoms with Crippen molar-refractivity contribution in [3.05, 3.63) is 54.5 Å². The molecular weight excluding hydrogens is 462 g/mol. The Balaban J connectivity index is 1.40. The summed E-state index contributed by atoms with van der Waals surface area (Å²) in [7, 11) is 0. The van der Waals surface area contributed by atoms with Crippen molar-refractivity contribution in [3.8, 4) is 22.6 Å². The fourth-order valence-electron chi connectivity index (χ4n) is 5.10. The van der Waals surface area contributed by atoms with Gasteiger partial charge in [-0.25, -0.2) is 0 Å². The molecule has 0 aliphatic carbocycles. The van der Waals surface area contributed by atoms with Gasteiger partial charge in [0.1, 0.15) is 5.69 Å². The number of nitrogens with one attached hydrogen (secondary N) is 3. The molecule has 0 saturated carbocycles. The van der Waals surface area contributed by atoms with Crippen LogP contribution in [0, 0.1) is 12.8 Å². The molecule has 1 saturated heterocycles. The van der Waals surface area contributed by atoms with Crippen molar-refractivity contribution in [1.29, 1.82) is 0 Å². The molecule has 8 heteroatoms. The molecule has 3 N–H and O–H groups in total. The molecule has 4 aromatic heterocycles. The summed E-state index contributed by atoms with van der Waals surface area (Å²) in [6.07, 6.45) is 9.00. The molecule has 1 aliphatic rings. The van der Waals surface area contributed by atoms with Crippen LogP contribution < -0.4 is 10.2 Å². The molecule has 37 heavy (non-hydrogen) atoms. The molecule has 1 aromatic carbocycles. The van der Waals surface area contributed by atoms with E-state index in [1.54, 1.807) is 18.6 Å². The van der Waals surface area contributed by atoms with Crippen molar-refractivity contribution >= 4 is 39.1 Å². The zero-order valence-corrected chi connectivity index (χ0v) is 21.4. The lowest BCUT2D eigenvalue weighted by Crippen LogP contribution is -2.29. The first-order chi connectivity index (χ1) is 18.0. The van der Waals surface area contributed by atoms with Crippen LogP contribution in [-0.2, 0) is 4.79 Å². The number of carbonyl (C=O) groups excluding carboxylic acids is 1. The number of aromatic amines is 2. The van der Waals surface area contributed by atoms with Crippen LogP contribution in [-0.4, -0.2) is 44.1 Å². The van der Waals surface area contributed by atoms with Gasteiger partial charge in [0.05, 0.1) is 40.5 Å². The van der Waals surface area contributed by atoms with E-state index in [4.69, 9.17) is 0 Å². The number of anilines is 2. The predicted molar refractivity (Wildman–Crippen MR) is 149 cm³/mol. The van der Waals surface area contributed by atoms with E-state index >= 15 is 0 Å². The monoisotopic (exact) mass is 493 g/mol. The van der Waals surface area contributed by atoms with E-state index < -0.39 is 0 Å². The number of benzene rings is 1. The number of hydrogen-bond donors (Lipinski definition) is 3. The van der Waals surface area contributed by atoms with Crippen LogP contribution in [0.3, 0.4) is 0 Å². The Morgan fingerprint density at radius 2 is 1.86 bits per heavy atom. The molecule has 1 fully saturated rings. The van der Waals surface area contributed by atoms with Crippen molar-refractivity contribution in [3.63, 3.8) is 0 Å². The summed E-state index contributed by atoms with van der Waals surface area (Å²) in [6, 6.07) is 10.6. The zero-order chi connectivity index (χ0) is 25.5. The molecule has 5 aromatic rings. The topological polar surface area (TPSA) is 103 Å². The Hall–Kier alpha value is -4.20. The molecule has 6 rings (SSSR count). The van der Waals surface area contributed by atoms with Gasteiger partial charge < -0.3 is 15.2 Å². The predicted octanol–water partition coefficient (Wildman–Crippen LogP) is 6.06. The number of pyridine rings is 2. The SMILES string of the molecule is Cc1ccc(N2CCCCC2)c2cc(-c3n[nH]c4cnc(-c5cncc(NC(=O)C(C)C)c5)cc34)[nH]c12. The third kappa shape index (κ3) is 4.33. The van der Waals surface area contributed by atoms with E-state index in [0.717, 1.165) is 52.2 Å². The zero-order valence-electron chi connectivity index (χ0n) is 21.4. The van der Waals surface area contributed by atoms with Gasteiger partial charge >= 0.3 is 0 Å². The Bertz CT molecular complexity index is 1610. The first kappa shape index (κ1) is 23.2. The summed E-state index contributed by atoms with van der Waals surface area (Å²) >= 11 is 0. The van der Waals surface area contributed by atoms with Gasteiger partial charge in [0, 0.05) is 47.2 Å². The van der Waals surface area contributed by atoms with Gasteiger partial charge in [-0.2, -0.15) is 5.10 Å². The molecule has 0 atom stereocenters. The number of rotatable bonds is 5. The Labute approximate surface area is 215 Å². The lowest BCUT2D eigenvalue weighted by atomic mass is 10.1. The summed E-state index contributed by atoms with van der Waals surface area (Å²) < 4.78 is 0. The molecule has 1 aliphatic heterocycles. The van der Waals surface area contributed by atoms with E-state index in [0.29, 0.717) is 5.69 Å². The maximum absolute atomic E-state index is 12.2. The standard InChI is InChI=1S/C29H31N7O/c1-17(2)29(37)32-20-11-19(14-30-15-20)23-12-21-25(16-31-23)34-35-28(21)24-13-22-26(36-9-5-4-6-10-36)8-7-18(3)27(22)33-24/h7-8,11-17,33H,4-6,9-10H2,1-3H3,(H,32,37)(H,34,35). The third-order valence-corrected chi connectivity index (χ3v) is 7.20. The molecule has 0 spiro atoms. The number of aromatic nitrogens is 5. The van der Waals surface area contributed by atoms with Gasteiger partial charge in [0.2, 0.25) is 5.91 Å². The Morgan fingerprint density at radius 3 is 2.68 bits per heavy atom. The number of piperidine rings is 1. The largest absolute Gasteiger partial charge is 0.371 e. The average molecular weight is 494 g/mol. The van der Waals surface area contributed by atoms with Crippen LogP contribution in [0.1, 0.15) is 38.7 Å². The molecule has 8 nitrogen and oxygen atoms in total. The summed E-state index contributed by atoms with van der Waals surface area (Å²) in [5, 5.41) is 12.9. The number of carbonyl (C=O) groups is 1. The number of amides is 1. The second-order valence-corrected chi connectivity index (χ2v) is 10.2. The molecule has 188 valence electrons. The lowest BCUT2D eigenvalue weighted by molar-refractivity contribution is -0.118. The fourth-order valence-corrected chi connectivity index (χ4v) is 5.10. The maximum atomic E-state index is 12.2. The highest BCUT2D eigenvalue weighted by Gasteiger charge is 2.19. The third-order valence-electron chi connectivity index (χ3n) is 7.20.